The molecule has 0 bridgehead atoms. The fourth-order valence-corrected chi connectivity index (χ4v) is 7.53. The van der Waals surface area contributed by atoms with Crippen molar-refractivity contribution in [2.75, 3.05) is 0 Å². The molecule has 0 radical (unpaired) electrons. The summed E-state index contributed by atoms with van der Waals surface area (Å²) >= 11 is 0. The van der Waals surface area contributed by atoms with Gasteiger partial charge in [-0.2, -0.15) is 9.67 Å². The third-order valence-electron chi connectivity index (χ3n) is 10.2. The van der Waals surface area contributed by atoms with Gasteiger partial charge in [-0.1, -0.05) is 78.3 Å². The highest BCUT2D eigenvalue weighted by Gasteiger charge is 2.44. The first kappa shape index (κ1) is 30.2. The molecule has 0 amide bonds. The van der Waals surface area contributed by atoms with E-state index in [1.807, 2.05) is 0 Å². The van der Waals surface area contributed by atoms with Crippen LogP contribution in [0, 0.1) is 5.92 Å². The van der Waals surface area contributed by atoms with Crippen LogP contribution in [0.3, 0.4) is 0 Å². The topological polar surface area (TPSA) is 38.5 Å². The average Bonchev–Trinajstić information content (AvgIpc) is 3.40. The zero-order chi connectivity index (χ0) is 31.1. The van der Waals surface area contributed by atoms with E-state index in [9.17, 15) is 0 Å². The first-order valence-electron chi connectivity index (χ1n) is 16.6. The zero-order valence-corrected chi connectivity index (χ0v) is 27.8. The molecule has 3 aromatic heterocycles. The van der Waals surface area contributed by atoms with Crippen molar-refractivity contribution in [3.05, 3.63) is 96.1 Å². The Labute approximate surface area is 263 Å². The van der Waals surface area contributed by atoms with Crippen molar-refractivity contribution in [3.8, 4) is 22.6 Å². The van der Waals surface area contributed by atoms with E-state index in [0.717, 1.165) is 43.6 Å². The Morgan fingerprint density at radius 2 is 1.73 bits per heavy atom. The van der Waals surface area contributed by atoms with E-state index < -0.39 is 0 Å². The molecular weight excluding hydrogens is 538 g/mol. The second kappa shape index (κ2) is 11.9. The Balaban J connectivity index is 1.54. The number of unbranched alkanes of at least 4 members (excludes halogenated alkanes) is 1. The summed E-state index contributed by atoms with van der Waals surface area (Å²) in [5.74, 6) is 0.313. The lowest BCUT2D eigenvalue weighted by Gasteiger charge is -2.39. The molecule has 0 saturated heterocycles. The molecule has 0 spiro atoms. The molecule has 5 aromatic rings. The van der Waals surface area contributed by atoms with Gasteiger partial charge < -0.3 is 0 Å². The van der Waals surface area contributed by atoms with Crippen LogP contribution in [0.15, 0.2) is 79.3 Å². The maximum absolute atomic E-state index is 5.33. The molecule has 1 aliphatic heterocycles. The number of aromatic nitrogens is 5. The lowest BCUT2D eigenvalue weighted by Crippen LogP contribution is -2.46. The number of aryl methyl sites for hydroxylation is 2. The molecule has 5 heteroatoms. The van der Waals surface area contributed by atoms with Crippen LogP contribution in [0.25, 0.3) is 33.5 Å². The van der Waals surface area contributed by atoms with Crippen LogP contribution in [-0.2, 0) is 37.4 Å². The summed E-state index contributed by atoms with van der Waals surface area (Å²) in [5, 5.41) is 6.58. The molecule has 44 heavy (non-hydrogen) atoms. The van der Waals surface area contributed by atoms with Crippen molar-refractivity contribution in [1.82, 2.24) is 14.8 Å². The molecule has 0 aliphatic carbocycles. The maximum atomic E-state index is 5.33. The van der Waals surface area contributed by atoms with Gasteiger partial charge in [0.05, 0.1) is 17.6 Å². The third kappa shape index (κ3) is 5.25. The normalized spacial score (nSPS) is 16.0. The van der Waals surface area contributed by atoms with E-state index in [2.05, 4.69) is 142 Å². The highest BCUT2D eigenvalue weighted by molar-refractivity contribution is 5.92. The number of benzene rings is 2. The number of hydrogen-bond acceptors (Lipinski definition) is 2. The second-order valence-electron chi connectivity index (χ2n) is 13.9. The van der Waals surface area contributed by atoms with E-state index in [1.165, 1.54) is 52.0 Å². The molecule has 0 saturated carbocycles. The van der Waals surface area contributed by atoms with Crippen LogP contribution in [-0.4, -0.2) is 14.8 Å². The number of fused-ring (bicyclic) bond motifs is 5. The predicted molar refractivity (Wildman–Crippen MR) is 179 cm³/mol. The van der Waals surface area contributed by atoms with E-state index in [1.54, 1.807) is 0 Å². The summed E-state index contributed by atoms with van der Waals surface area (Å²) in [6.07, 6.45) is 9.88. The van der Waals surface area contributed by atoms with Crippen LogP contribution in [0.4, 0.5) is 0 Å². The fraction of sp³-hybridized carbons (Fsp3) is 0.436. The predicted octanol–water partition coefficient (Wildman–Crippen LogP) is 7.91. The third-order valence-corrected chi connectivity index (χ3v) is 10.2. The average molecular weight is 588 g/mol. The Bertz CT molecular complexity index is 1790. The van der Waals surface area contributed by atoms with Gasteiger partial charge in [0.1, 0.15) is 18.4 Å². The van der Waals surface area contributed by atoms with Crippen LogP contribution >= 0.6 is 0 Å². The summed E-state index contributed by atoms with van der Waals surface area (Å²) in [4.78, 5) is 5.07. The largest absolute Gasteiger partial charge is 0.287 e. The van der Waals surface area contributed by atoms with Gasteiger partial charge in [-0.05, 0) is 66.1 Å². The van der Waals surface area contributed by atoms with Gasteiger partial charge in [0.25, 0.3) is 6.33 Å². The summed E-state index contributed by atoms with van der Waals surface area (Å²) in [7, 11) is 2.13. The van der Waals surface area contributed by atoms with Crippen LogP contribution in [0.1, 0.15) is 84.0 Å². The lowest BCUT2D eigenvalue weighted by molar-refractivity contribution is -0.695. The minimum Gasteiger partial charge on any atom is -0.258 e. The van der Waals surface area contributed by atoms with E-state index in [0.29, 0.717) is 5.92 Å². The smallest absolute Gasteiger partial charge is 0.258 e. The molecule has 228 valence electrons. The molecule has 2 aromatic carbocycles. The van der Waals surface area contributed by atoms with Crippen LogP contribution in [0.2, 0.25) is 0 Å². The maximum Gasteiger partial charge on any atom is 0.287 e. The molecule has 0 fully saturated rings. The van der Waals surface area contributed by atoms with Crippen molar-refractivity contribution in [2.45, 2.75) is 97.6 Å². The van der Waals surface area contributed by atoms with E-state index >= 15 is 0 Å². The van der Waals surface area contributed by atoms with Gasteiger partial charge in [-0.25, -0.2) is 4.57 Å². The standard InChI is InChI=1S/C39H49N5/c1-8-11-16-28-20-21-31-33(23-28)40-27-43-25-29(39(9-2,10-3)32-18-13-12-17-30(32)37(31)43)26-44-35(24-36(41-44)38(4,5)6)34-19-14-15-22-42(34)7/h12-15,17-24,27,29H,8-11,16,25-26H2,1-7H3/q+2. The minimum atomic E-state index is -0.0455. The highest BCUT2D eigenvalue weighted by Crippen LogP contribution is 2.47. The summed E-state index contributed by atoms with van der Waals surface area (Å²) in [6, 6.07) is 24.9. The Morgan fingerprint density at radius 1 is 0.955 bits per heavy atom. The number of hydrogen-bond donors (Lipinski definition) is 0. The second-order valence-corrected chi connectivity index (χ2v) is 13.9. The van der Waals surface area contributed by atoms with Gasteiger partial charge in [0.15, 0.2) is 11.7 Å². The van der Waals surface area contributed by atoms with E-state index in [-0.39, 0.29) is 10.8 Å². The Kier molecular flexibility index (Phi) is 8.17. The molecule has 4 heterocycles. The molecule has 0 N–H and O–H groups in total. The lowest BCUT2D eigenvalue weighted by atomic mass is 9.65. The van der Waals surface area contributed by atoms with Gasteiger partial charge in [0, 0.05) is 41.0 Å². The quantitative estimate of drug-likeness (QED) is 0.173. The van der Waals surface area contributed by atoms with E-state index in [4.69, 9.17) is 10.1 Å². The van der Waals surface area contributed by atoms with Crippen molar-refractivity contribution in [2.24, 2.45) is 13.0 Å². The van der Waals surface area contributed by atoms with Crippen molar-refractivity contribution < 1.29 is 9.13 Å². The summed E-state index contributed by atoms with van der Waals surface area (Å²) < 4.78 is 6.97. The van der Waals surface area contributed by atoms with Crippen LogP contribution < -0.4 is 9.13 Å². The molecule has 6 rings (SSSR count). The summed E-state index contributed by atoms with van der Waals surface area (Å²) in [5.41, 5.74) is 10.0. The molecule has 5 nitrogen and oxygen atoms in total. The SMILES string of the molecule is CCCCc1ccc2c3[n+](cnc2c1)CC(Cn1nc(C(C)(C)C)cc1-c1cccc[n+]1C)C(CC)(CC)c1ccccc1-3. The van der Waals surface area contributed by atoms with Gasteiger partial charge in [0.2, 0.25) is 5.69 Å². The van der Waals surface area contributed by atoms with Crippen LogP contribution in [0.5, 0.6) is 0 Å². The van der Waals surface area contributed by atoms with Gasteiger partial charge >= 0.3 is 0 Å². The fourth-order valence-electron chi connectivity index (χ4n) is 7.53. The molecule has 1 atom stereocenters. The van der Waals surface area contributed by atoms with Crippen molar-refractivity contribution >= 4 is 10.9 Å². The molecular formula is C39H49N5+2. The monoisotopic (exact) mass is 587 g/mol. The number of rotatable bonds is 8. The van der Waals surface area contributed by atoms with Crippen molar-refractivity contribution in [1.29, 1.82) is 0 Å². The van der Waals surface area contributed by atoms with Gasteiger partial charge in [-0.3, -0.25) is 4.68 Å². The van der Waals surface area contributed by atoms with Gasteiger partial charge in [-0.15, -0.1) is 0 Å². The van der Waals surface area contributed by atoms with Crippen molar-refractivity contribution in [3.63, 3.8) is 0 Å². The first-order valence-corrected chi connectivity index (χ1v) is 16.6. The Hall–Kier alpha value is -3.86. The number of pyridine rings is 1. The minimum absolute atomic E-state index is 0.0139. The molecule has 1 unspecified atom stereocenters. The highest BCUT2D eigenvalue weighted by atomic mass is 15.3. The zero-order valence-electron chi connectivity index (χ0n) is 27.8. The molecule has 1 aliphatic rings. The summed E-state index contributed by atoms with van der Waals surface area (Å²) in [6.45, 7) is 15.5. The Morgan fingerprint density at radius 3 is 2.45 bits per heavy atom. The number of nitrogens with zero attached hydrogens (tertiary/aromatic N) is 5. The first-order chi connectivity index (χ1) is 21.2.